The number of anilines is 1. The summed E-state index contributed by atoms with van der Waals surface area (Å²) in [7, 11) is 0. The Morgan fingerprint density at radius 1 is 1.30 bits per heavy atom. The molecule has 3 aromatic rings. The molecule has 1 aliphatic heterocycles. The molecule has 1 unspecified atom stereocenters. The number of nitrogens with one attached hydrogen (secondary N) is 1. The lowest BCUT2D eigenvalue weighted by atomic mass is 10.1. The summed E-state index contributed by atoms with van der Waals surface area (Å²) in [6.45, 7) is 2.65. The van der Waals surface area contributed by atoms with Crippen molar-refractivity contribution in [3.63, 3.8) is 0 Å². The van der Waals surface area contributed by atoms with E-state index in [9.17, 15) is 9.59 Å². The molecular weight excluding hydrogens is 366 g/mol. The Hall–Kier alpha value is -2.88. The van der Waals surface area contributed by atoms with Crippen LogP contribution in [0.4, 0.5) is 5.13 Å². The fourth-order valence-corrected chi connectivity index (χ4v) is 4.03. The van der Waals surface area contributed by atoms with E-state index in [1.165, 1.54) is 11.3 Å². The molecule has 10 heteroatoms. The lowest BCUT2D eigenvalue weighted by molar-refractivity contribution is -0.126. The Balaban J connectivity index is 1.38. The van der Waals surface area contributed by atoms with Crippen molar-refractivity contribution in [2.24, 2.45) is 5.92 Å². The Kier molecular flexibility index (Phi) is 4.80. The van der Waals surface area contributed by atoms with E-state index in [0.29, 0.717) is 17.5 Å². The van der Waals surface area contributed by atoms with Crippen LogP contribution in [0.15, 0.2) is 24.4 Å². The third-order valence-corrected chi connectivity index (χ3v) is 5.46. The second kappa shape index (κ2) is 7.39. The molecule has 3 aromatic heterocycles. The van der Waals surface area contributed by atoms with Crippen molar-refractivity contribution in [3.05, 3.63) is 35.2 Å². The fraction of sp³-hybridized carbons (Fsp3) is 0.412. The highest BCUT2D eigenvalue weighted by molar-refractivity contribution is 7.15. The summed E-state index contributed by atoms with van der Waals surface area (Å²) in [4.78, 5) is 26.4. The van der Waals surface area contributed by atoms with E-state index in [2.05, 4.69) is 32.6 Å². The lowest BCUT2D eigenvalue weighted by Gasteiger charge is -2.12. The maximum atomic E-state index is 12.5. The maximum absolute atomic E-state index is 12.5. The second-order valence-electron chi connectivity index (χ2n) is 6.40. The van der Waals surface area contributed by atoms with Crippen molar-refractivity contribution in [2.45, 2.75) is 32.7 Å². The molecule has 9 nitrogen and oxygen atoms in total. The van der Waals surface area contributed by atoms with E-state index in [4.69, 9.17) is 0 Å². The van der Waals surface area contributed by atoms with E-state index in [-0.39, 0.29) is 24.8 Å². The molecule has 2 amide bonds. The van der Waals surface area contributed by atoms with Crippen LogP contribution < -0.4 is 10.2 Å². The van der Waals surface area contributed by atoms with Gasteiger partial charge in [-0.1, -0.05) is 24.3 Å². The van der Waals surface area contributed by atoms with Crippen LogP contribution in [0.25, 0.3) is 5.65 Å². The summed E-state index contributed by atoms with van der Waals surface area (Å²) in [5.74, 6) is -0.0252. The number of carbonyl (C=O) groups excluding carboxylic acids is 2. The smallest absolute Gasteiger partial charge is 0.229 e. The van der Waals surface area contributed by atoms with Crippen molar-refractivity contribution in [1.82, 2.24) is 30.1 Å². The number of carbonyl (C=O) groups is 2. The van der Waals surface area contributed by atoms with Gasteiger partial charge in [0.05, 0.1) is 12.5 Å². The van der Waals surface area contributed by atoms with Gasteiger partial charge in [-0.3, -0.25) is 18.9 Å². The topological polar surface area (TPSA) is 105 Å². The van der Waals surface area contributed by atoms with Crippen LogP contribution in [0, 0.1) is 5.92 Å². The zero-order chi connectivity index (χ0) is 18.8. The number of pyridine rings is 1. The minimum atomic E-state index is -0.407. The molecule has 4 heterocycles. The molecule has 0 aromatic carbocycles. The molecule has 0 aliphatic carbocycles. The molecule has 140 valence electrons. The number of hydrogen-bond acceptors (Lipinski definition) is 7. The largest absolute Gasteiger partial charge is 0.348 e. The number of hydrogen-bond donors (Lipinski definition) is 1. The van der Waals surface area contributed by atoms with E-state index >= 15 is 0 Å². The molecule has 1 fully saturated rings. The van der Waals surface area contributed by atoms with Gasteiger partial charge in [0.15, 0.2) is 11.5 Å². The van der Waals surface area contributed by atoms with Gasteiger partial charge in [0.1, 0.15) is 5.01 Å². The van der Waals surface area contributed by atoms with Gasteiger partial charge in [-0.2, -0.15) is 0 Å². The van der Waals surface area contributed by atoms with Crippen LogP contribution >= 0.6 is 11.3 Å². The van der Waals surface area contributed by atoms with Crippen LogP contribution in [0.2, 0.25) is 0 Å². The number of amides is 2. The van der Waals surface area contributed by atoms with Gasteiger partial charge < -0.3 is 5.32 Å². The monoisotopic (exact) mass is 385 g/mol. The summed E-state index contributed by atoms with van der Waals surface area (Å²) in [6, 6.07) is 5.61. The summed E-state index contributed by atoms with van der Waals surface area (Å²) in [6.07, 6.45) is 3.84. The number of fused-ring (bicyclic) bond motifs is 1. The molecule has 1 aliphatic rings. The highest BCUT2D eigenvalue weighted by atomic mass is 32.1. The summed E-state index contributed by atoms with van der Waals surface area (Å²) >= 11 is 1.41. The van der Waals surface area contributed by atoms with Gasteiger partial charge >= 0.3 is 0 Å². The van der Waals surface area contributed by atoms with Crippen molar-refractivity contribution >= 4 is 33.9 Å². The predicted molar refractivity (Wildman–Crippen MR) is 99.2 cm³/mol. The first-order chi connectivity index (χ1) is 13.2. The zero-order valence-corrected chi connectivity index (χ0v) is 15.6. The lowest BCUT2D eigenvalue weighted by Crippen LogP contribution is -2.33. The quantitative estimate of drug-likeness (QED) is 0.684. The van der Waals surface area contributed by atoms with E-state index in [1.54, 1.807) is 4.90 Å². The molecule has 0 radical (unpaired) electrons. The molecule has 1 N–H and O–H groups in total. The Labute approximate surface area is 159 Å². The van der Waals surface area contributed by atoms with E-state index < -0.39 is 5.92 Å². The van der Waals surface area contributed by atoms with Gasteiger partial charge in [0.2, 0.25) is 16.9 Å². The first-order valence-corrected chi connectivity index (χ1v) is 9.66. The van der Waals surface area contributed by atoms with Gasteiger partial charge in [-0.15, -0.1) is 20.4 Å². The van der Waals surface area contributed by atoms with Crippen molar-refractivity contribution in [3.8, 4) is 0 Å². The standard InChI is InChI=1S/C17H19N7O2S/c1-2-5-14-21-22-17(27-14)24-10-11(8-15(24)25)16(26)18-9-13-20-19-12-6-3-4-7-23(12)13/h3-4,6-7,11H,2,5,8-10H2,1H3,(H,18,26). The van der Waals surface area contributed by atoms with Crippen molar-refractivity contribution in [2.75, 3.05) is 11.4 Å². The molecule has 1 atom stereocenters. The van der Waals surface area contributed by atoms with Crippen LogP contribution in [0.5, 0.6) is 0 Å². The Morgan fingerprint density at radius 3 is 3.04 bits per heavy atom. The average molecular weight is 385 g/mol. The second-order valence-corrected chi connectivity index (χ2v) is 7.44. The number of aryl methyl sites for hydroxylation is 1. The molecule has 4 rings (SSSR count). The zero-order valence-electron chi connectivity index (χ0n) is 14.8. The first-order valence-electron chi connectivity index (χ1n) is 8.84. The Morgan fingerprint density at radius 2 is 2.19 bits per heavy atom. The van der Waals surface area contributed by atoms with Crippen molar-refractivity contribution in [1.29, 1.82) is 0 Å². The van der Waals surface area contributed by atoms with Crippen LogP contribution in [-0.4, -0.2) is 43.2 Å². The van der Waals surface area contributed by atoms with Gasteiger partial charge in [0.25, 0.3) is 0 Å². The normalized spacial score (nSPS) is 17.0. The SMILES string of the molecule is CCCc1nnc(N2CC(C(=O)NCc3nnc4ccccn34)CC2=O)s1. The number of nitrogens with zero attached hydrogens (tertiary/aromatic N) is 6. The fourth-order valence-electron chi connectivity index (χ4n) is 3.06. The summed E-state index contributed by atoms with van der Waals surface area (Å²) < 4.78 is 1.82. The third kappa shape index (κ3) is 3.52. The van der Waals surface area contributed by atoms with Gasteiger partial charge in [-0.25, -0.2) is 0 Å². The first kappa shape index (κ1) is 17.5. The van der Waals surface area contributed by atoms with Crippen LogP contribution in [0.3, 0.4) is 0 Å². The van der Waals surface area contributed by atoms with Crippen LogP contribution in [0.1, 0.15) is 30.6 Å². The van der Waals surface area contributed by atoms with Crippen molar-refractivity contribution < 1.29 is 9.59 Å². The molecular formula is C17H19N7O2S. The molecule has 0 spiro atoms. The summed E-state index contributed by atoms with van der Waals surface area (Å²) in [5, 5.41) is 20.7. The van der Waals surface area contributed by atoms with E-state index in [0.717, 1.165) is 23.5 Å². The van der Waals surface area contributed by atoms with Crippen LogP contribution in [-0.2, 0) is 22.6 Å². The highest BCUT2D eigenvalue weighted by Crippen LogP contribution is 2.28. The minimum Gasteiger partial charge on any atom is -0.348 e. The van der Waals surface area contributed by atoms with Gasteiger partial charge in [0, 0.05) is 25.6 Å². The number of rotatable bonds is 6. The predicted octanol–water partition coefficient (Wildman–Crippen LogP) is 1.20. The molecule has 0 bridgehead atoms. The van der Waals surface area contributed by atoms with Gasteiger partial charge in [-0.05, 0) is 18.6 Å². The molecule has 1 saturated heterocycles. The third-order valence-electron chi connectivity index (χ3n) is 4.45. The highest BCUT2D eigenvalue weighted by Gasteiger charge is 2.36. The average Bonchev–Trinajstić information content (AvgIpc) is 3.38. The summed E-state index contributed by atoms with van der Waals surface area (Å²) in [5.41, 5.74) is 0.725. The maximum Gasteiger partial charge on any atom is 0.229 e. The number of aromatic nitrogens is 5. The van der Waals surface area contributed by atoms with E-state index in [1.807, 2.05) is 28.8 Å². The Bertz CT molecular complexity index is 982. The minimum absolute atomic E-state index is 0.0951. The molecule has 27 heavy (non-hydrogen) atoms. The molecule has 0 saturated carbocycles.